The van der Waals surface area contributed by atoms with Crippen LogP contribution in [0.25, 0.3) is 10.9 Å². The molecule has 2 rings (SSSR count). The van der Waals surface area contributed by atoms with Crippen molar-refractivity contribution in [2.75, 3.05) is 20.5 Å². The topological polar surface area (TPSA) is 106 Å². The summed E-state index contributed by atoms with van der Waals surface area (Å²) in [6.45, 7) is 0. The molecular weight excluding hydrogens is 286 g/mol. The van der Waals surface area contributed by atoms with Crippen LogP contribution in [-0.4, -0.2) is 39.0 Å². The molecule has 0 radical (unpaired) electrons. The summed E-state index contributed by atoms with van der Waals surface area (Å²) in [5, 5.41) is 10.2. The zero-order chi connectivity index (χ0) is 15.1. The van der Waals surface area contributed by atoms with E-state index in [9.17, 15) is 18.3 Å². The average molecular weight is 299 g/mol. The lowest BCUT2D eigenvalue weighted by Gasteiger charge is -2.11. The zero-order valence-electron chi connectivity index (χ0n) is 11.1. The van der Waals surface area contributed by atoms with Gasteiger partial charge >= 0.3 is 0 Å². The molecule has 0 fully saturated rings. The summed E-state index contributed by atoms with van der Waals surface area (Å²) >= 11 is 0. The maximum atomic E-state index is 11.8. The van der Waals surface area contributed by atoms with Crippen LogP contribution in [0.5, 0.6) is 17.2 Å². The van der Waals surface area contributed by atoms with Gasteiger partial charge in [-0.3, -0.25) is 4.79 Å². The van der Waals surface area contributed by atoms with Crippen molar-refractivity contribution in [1.29, 1.82) is 0 Å². The van der Waals surface area contributed by atoms with Crippen LogP contribution in [-0.2, 0) is 9.84 Å². The van der Waals surface area contributed by atoms with Crippen LogP contribution in [0.3, 0.4) is 0 Å². The lowest BCUT2D eigenvalue weighted by molar-refractivity contribution is 0.355. The molecule has 0 aliphatic rings. The Balaban J connectivity index is 2.96. The number of fused-ring (bicyclic) bond motifs is 1. The van der Waals surface area contributed by atoms with Gasteiger partial charge in [-0.15, -0.1) is 0 Å². The number of rotatable bonds is 3. The molecule has 0 aliphatic carbocycles. The second kappa shape index (κ2) is 4.71. The highest BCUT2D eigenvalue weighted by Gasteiger charge is 2.22. The second-order valence-electron chi connectivity index (χ2n) is 4.16. The van der Waals surface area contributed by atoms with Crippen LogP contribution in [0.1, 0.15) is 0 Å². The molecule has 0 aliphatic heterocycles. The summed E-state index contributed by atoms with van der Waals surface area (Å²) in [7, 11) is -1.03. The lowest BCUT2D eigenvalue weighted by Crippen LogP contribution is -2.17. The molecule has 8 heteroatoms. The van der Waals surface area contributed by atoms with Gasteiger partial charge in [0.25, 0.3) is 5.56 Å². The summed E-state index contributed by atoms with van der Waals surface area (Å²) in [5.74, 6) is 0.0520. The number of aromatic amines is 1. The molecule has 0 bridgehead atoms. The fourth-order valence-corrected chi connectivity index (χ4v) is 2.78. The minimum atomic E-state index is -3.86. The number of sulfone groups is 1. The Morgan fingerprint density at radius 3 is 2.20 bits per heavy atom. The number of H-pyrrole nitrogens is 1. The van der Waals surface area contributed by atoms with Gasteiger partial charge in [0.1, 0.15) is 5.75 Å². The third-order valence-corrected chi connectivity index (χ3v) is 3.94. The zero-order valence-corrected chi connectivity index (χ0v) is 11.9. The molecule has 20 heavy (non-hydrogen) atoms. The number of nitrogens with one attached hydrogen (secondary N) is 1. The number of hydrogen-bond donors (Lipinski definition) is 2. The van der Waals surface area contributed by atoms with E-state index in [1.807, 2.05) is 0 Å². The van der Waals surface area contributed by atoms with E-state index in [2.05, 4.69) is 4.98 Å². The first-order chi connectivity index (χ1) is 9.29. The van der Waals surface area contributed by atoms with Crippen LogP contribution in [0.15, 0.2) is 21.8 Å². The van der Waals surface area contributed by atoms with Crippen molar-refractivity contribution in [3.05, 3.63) is 22.5 Å². The number of aromatic hydroxyl groups is 1. The fraction of sp³-hybridized carbons (Fsp3) is 0.250. The van der Waals surface area contributed by atoms with E-state index in [0.717, 1.165) is 6.26 Å². The van der Waals surface area contributed by atoms with Crippen molar-refractivity contribution in [2.45, 2.75) is 4.90 Å². The summed E-state index contributed by atoms with van der Waals surface area (Å²) in [5.41, 5.74) is -0.637. The quantitative estimate of drug-likeness (QED) is 0.862. The van der Waals surface area contributed by atoms with Crippen LogP contribution >= 0.6 is 0 Å². The van der Waals surface area contributed by atoms with Crippen molar-refractivity contribution in [3.63, 3.8) is 0 Å². The monoisotopic (exact) mass is 299 g/mol. The first kappa shape index (κ1) is 14.2. The van der Waals surface area contributed by atoms with Gasteiger partial charge in [-0.2, -0.15) is 0 Å². The van der Waals surface area contributed by atoms with Gasteiger partial charge in [0.05, 0.1) is 19.7 Å². The number of benzene rings is 1. The van der Waals surface area contributed by atoms with E-state index in [4.69, 9.17) is 9.47 Å². The molecule has 108 valence electrons. The molecule has 1 aromatic heterocycles. The van der Waals surface area contributed by atoms with Gasteiger partial charge in [-0.25, -0.2) is 8.42 Å². The predicted molar refractivity (Wildman–Crippen MR) is 72.4 cm³/mol. The second-order valence-corrected chi connectivity index (χ2v) is 6.11. The number of ether oxygens (including phenoxy) is 2. The highest BCUT2D eigenvalue weighted by Crippen LogP contribution is 2.36. The minimum Gasteiger partial charge on any atom is -0.506 e. The smallest absolute Gasteiger partial charge is 0.271 e. The standard InChI is InChI=1S/C12H13NO6S/c1-18-8-4-6-7(5-9(8)19-2)13-12(15)11(10(6)14)20(3,16)17/h4-5H,1-3H3,(H2,13,14,15). The van der Waals surface area contributed by atoms with Gasteiger partial charge in [0.2, 0.25) is 0 Å². The molecule has 2 N–H and O–H groups in total. The highest BCUT2D eigenvalue weighted by atomic mass is 32.2. The third kappa shape index (κ3) is 2.18. The van der Waals surface area contributed by atoms with Crippen molar-refractivity contribution in [3.8, 4) is 17.2 Å². The molecule has 7 nitrogen and oxygen atoms in total. The van der Waals surface area contributed by atoms with Gasteiger partial charge in [0, 0.05) is 17.7 Å². The van der Waals surface area contributed by atoms with E-state index in [1.165, 1.54) is 26.4 Å². The predicted octanol–water partition coefficient (Wildman–Crippen LogP) is 0.654. The molecule has 0 saturated heterocycles. The largest absolute Gasteiger partial charge is 0.506 e. The van der Waals surface area contributed by atoms with E-state index in [0.29, 0.717) is 11.5 Å². The first-order valence-electron chi connectivity index (χ1n) is 5.50. The Kier molecular flexibility index (Phi) is 3.34. The first-order valence-corrected chi connectivity index (χ1v) is 7.39. The lowest BCUT2D eigenvalue weighted by atomic mass is 10.2. The maximum absolute atomic E-state index is 11.8. The summed E-state index contributed by atoms with van der Waals surface area (Å²) in [6.07, 6.45) is 0.851. The molecule has 0 unspecified atom stereocenters. The van der Waals surface area contributed by atoms with E-state index in [1.54, 1.807) is 0 Å². The SMILES string of the molecule is COc1cc2[nH]c(=O)c(S(C)(=O)=O)c(O)c2cc1OC. The summed E-state index contributed by atoms with van der Waals surface area (Å²) in [6, 6.07) is 2.84. The molecule has 1 aromatic carbocycles. The Hall–Kier alpha value is -2.22. The van der Waals surface area contributed by atoms with E-state index < -0.39 is 26.0 Å². The summed E-state index contributed by atoms with van der Waals surface area (Å²) in [4.78, 5) is 13.5. The molecule has 0 spiro atoms. The Morgan fingerprint density at radius 2 is 1.70 bits per heavy atom. The maximum Gasteiger partial charge on any atom is 0.271 e. The number of aromatic nitrogens is 1. The fourth-order valence-electron chi connectivity index (χ4n) is 1.93. The highest BCUT2D eigenvalue weighted by molar-refractivity contribution is 7.90. The molecular formula is C12H13NO6S. The Labute approximate surface area is 114 Å². The molecule has 0 saturated carbocycles. The number of pyridine rings is 1. The molecule has 1 heterocycles. The number of methoxy groups -OCH3 is 2. The normalized spacial score (nSPS) is 11.6. The Bertz CT molecular complexity index is 837. The van der Waals surface area contributed by atoms with Gasteiger partial charge < -0.3 is 19.6 Å². The molecule has 0 amide bonds. The Morgan fingerprint density at radius 1 is 1.15 bits per heavy atom. The van der Waals surface area contributed by atoms with Crippen LogP contribution in [0.4, 0.5) is 0 Å². The van der Waals surface area contributed by atoms with Gasteiger partial charge in [-0.1, -0.05) is 0 Å². The molecule has 0 atom stereocenters. The number of hydrogen-bond acceptors (Lipinski definition) is 6. The van der Waals surface area contributed by atoms with Crippen molar-refractivity contribution in [2.24, 2.45) is 0 Å². The third-order valence-electron chi connectivity index (χ3n) is 2.82. The van der Waals surface area contributed by atoms with E-state index >= 15 is 0 Å². The summed E-state index contributed by atoms with van der Waals surface area (Å²) < 4.78 is 33.3. The minimum absolute atomic E-state index is 0.155. The van der Waals surface area contributed by atoms with Crippen molar-refractivity contribution in [1.82, 2.24) is 4.98 Å². The van der Waals surface area contributed by atoms with Crippen molar-refractivity contribution < 1.29 is 23.0 Å². The van der Waals surface area contributed by atoms with Crippen LogP contribution in [0, 0.1) is 0 Å². The van der Waals surface area contributed by atoms with Gasteiger partial charge in [-0.05, 0) is 6.07 Å². The van der Waals surface area contributed by atoms with E-state index in [-0.39, 0.29) is 10.9 Å². The van der Waals surface area contributed by atoms with Crippen LogP contribution in [0.2, 0.25) is 0 Å². The molecule has 2 aromatic rings. The van der Waals surface area contributed by atoms with Crippen molar-refractivity contribution >= 4 is 20.7 Å². The van der Waals surface area contributed by atoms with Gasteiger partial charge in [0.15, 0.2) is 26.2 Å². The van der Waals surface area contributed by atoms with Crippen LogP contribution < -0.4 is 15.0 Å². The average Bonchev–Trinajstić information content (AvgIpc) is 2.35.